The number of H-pyrrole nitrogens is 1. The fraction of sp³-hybridized carbons (Fsp3) is 0.333. The van der Waals surface area contributed by atoms with Crippen LogP contribution in [0.15, 0.2) is 60.8 Å². The summed E-state index contributed by atoms with van der Waals surface area (Å²) >= 11 is 0. The van der Waals surface area contributed by atoms with E-state index in [1.807, 2.05) is 25.1 Å². The predicted molar refractivity (Wildman–Crippen MR) is 116 cm³/mol. The third-order valence-corrected chi connectivity index (χ3v) is 5.73. The first-order valence-electron chi connectivity index (χ1n) is 10.6. The van der Waals surface area contributed by atoms with E-state index in [2.05, 4.69) is 57.1 Å². The quantitative estimate of drug-likeness (QED) is 0.518. The Hall–Kier alpha value is -3.48. The van der Waals surface area contributed by atoms with Crippen LogP contribution in [0.1, 0.15) is 42.2 Å². The van der Waals surface area contributed by atoms with Crippen molar-refractivity contribution in [1.82, 2.24) is 20.7 Å². The average molecular weight is 418 g/mol. The highest BCUT2D eigenvalue weighted by molar-refractivity contribution is 5.92. The molecular weight excluding hydrogens is 392 g/mol. The summed E-state index contributed by atoms with van der Waals surface area (Å²) in [7, 11) is 0. The van der Waals surface area contributed by atoms with Crippen molar-refractivity contribution in [3.8, 4) is 11.1 Å². The summed E-state index contributed by atoms with van der Waals surface area (Å²) in [6, 6.07) is 18.3. The van der Waals surface area contributed by atoms with Gasteiger partial charge in [0.25, 0.3) is 5.91 Å². The number of aromatic amines is 1. The van der Waals surface area contributed by atoms with E-state index in [-0.39, 0.29) is 23.6 Å². The van der Waals surface area contributed by atoms with Gasteiger partial charge in [-0.1, -0.05) is 54.6 Å². The van der Waals surface area contributed by atoms with Gasteiger partial charge in [0.1, 0.15) is 0 Å². The van der Waals surface area contributed by atoms with Gasteiger partial charge in [-0.3, -0.25) is 9.59 Å². The topological polar surface area (TPSA) is 97.0 Å². The first kappa shape index (κ1) is 20.8. The number of benzene rings is 2. The molecule has 1 heterocycles. The van der Waals surface area contributed by atoms with Crippen molar-refractivity contribution >= 4 is 11.9 Å². The molecule has 7 heteroatoms. The van der Waals surface area contributed by atoms with Crippen LogP contribution in [0.2, 0.25) is 0 Å². The monoisotopic (exact) mass is 418 g/mol. The maximum absolute atomic E-state index is 12.6. The molecule has 2 N–H and O–H groups in total. The van der Waals surface area contributed by atoms with Crippen LogP contribution in [-0.2, 0) is 16.0 Å². The first-order chi connectivity index (χ1) is 15.1. The van der Waals surface area contributed by atoms with Crippen molar-refractivity contribution in [3.05, 3.63) is 72.1 Å². The van der Waals surface area contributed by atoms with E-state index in [0.717, 1.165) is 29.5 Å². The van der Waals surface area contributed by atoms with Gasteiger partial charge in [0.05, 0.1) is 18.2 Å². The summed E-state index contributed by atoms with van der Waals surface area (Å²) in [5.41, 5.74) is 3.11. The minimum Gasteiger partial charge on any atom is -0.466 e. The average Bonchev–Trinajstić information content (AvgIpc) is 3.35. The van der Waals surface area contributed by atoms with Gasteiger partial charge >= 0.3 is 5.97 Å². The Morgan fingerprint density at radius 2 is 1.81 bits per heavy atom. The van der Waals surface area contributed by atoms with E-state index in [0.29, 0.717) is 19.4 Å². The summed E-state index contributed by atoms with van der Waals surface area (Å²) < 4.78 is 5.28. The van der Waals surface area contributed by atoms with Crippen LogP contribution < -0.4 is 5.32 Å². The number of nitrogens with zero attached hydrogens (tertiary/aromatic N) is 2. The van der Waals surface area contributed by atoms with Crippen LogP contribution in [0.25, 0.3) is 11.1 Å². The highest BCUT2D eigenvalue weighted by Gasteiger charge is 2.52. The lowest BCUT2D eigenvalue weighted by Crippen LogP contribution is -2.40. The predicted octanol–water partition coefficient (Wildman–Crippen LogP) is 3.55. The molecule has 4 rings (SSSR count). The molecule has 0 unspecified atom stereocenters. The lowest BCUT2D eigenvalue weighted by Gasteiger charge is -2.23. The molecule has 0 radical (unpaired) electrons. The Kier molecular flexibility index (Phi) is 6.11. The Bertz CT molecular complexity index is 1010. The van der Waals surface area contributed by atoms with Gasteiger partial charge in [-0.15, -0.1) is 0 Å². The molecule has 1 amide bonds. The first-order valence-corrected chi connectivity index (χ1v) is 10.6. The van der Waals surface area contributed by atoms with Gasteiger partial charge < -0.3 is 10.1 Å². The van der Waals surface area contributed by atoms with E-state index in [1.165, 1.54) is 6.20 Å². The van der Waals surface area contributed by atoms with Crippen LogP contribution >= 0.6 is 0 Å². The molecule has 31 heavy (non-hydrogen) atoms. The van der Waals surface area contributed by atoms with Gasteiger partial charge in [0.15, 0.2) is 5.69 Å². The normalized spacial score (nSPS) is 15.1. The number of nitrogens with one attached hydrogen (secondary N) is 2. The van der Waals surface area contributed by atoms with Gasteiger partial charge in [-0.2, -0.15) is 15.4 Å². The molecule has 160 valence electrons. The van der Waals surface area contributed by atoms with Gasteiger partial charge in [0.2, 0.25) is 0 Å². The highest BCUT2D eigenvalue weighted by atomic mass is 16.5. The number of carbonyl (C=O) groups is 2. The minimum atomic E-state index is -0.498. The Labute approximate surface area is 181 Å². The van der Waals surface area contributed by atoms with E-state index >= 15 is 0 Å². The van der Waals surface area contributed by atoms with Crippen molar-refractivity contribution in [2.45, 2.75) is 38.6 Å². The molecule has 0 saturated heterocycles. The molecule has 1 aromatic heterocycles. The van der Waals surface area contributed by atoms with E-state index < -0.39 is 5.41 Å². The van der Waals surface area contributed by atoms with Crippen molar-refractivity contribution < 1.29 is 14.3 Å². The summed E-state index contributed by atoms with van der Waals surface area (Å²) in [5.74, 6) is -0.477. The lowest BCUT2D eigenvalue weighted by molar-refractivity contribution is -0.150. The van der Waals surface area contributed by atoms with Crippen molar-refractivity contribution in [3.63, 3.8) is 0 Å². The number of carbonyl (C=O) groups excluding carboxylic acids is 2. The van der Waals surface area contributed by atoms with Gasteiger partial charge in [-0.05, 0) is 49.3 Å². The number of aromatic nitrogens is 3. The number of ether oxygens (including phenoxy) is 1. The third-order valence-electron chi connectivity index (χ3n) is 5.73. The molecule has 0 bridgehead atoms. The second-order valence-electron chi connectivity index (χ2n) is 8.00. The van der Waals surface area contributed by atoms with Gasteiger partial charge in [-0.25, -0.2) is 0 Å². The third kappa shape index (κ3) is 4.99. The van der Waals surface area contributed by atoms with Crippen LogP contribution in [0, 0.1) is 5.41 Å². The molecule has 0 spiro atoms. The lowest BCUT2D eigenvalue weighted by atomic mass is 9.92. The maximum atomic E-state index is 12.6. The molecule has 1 saturated carbocycles. The van der Waals surface area contributed by atoms with Gasteiger partial charge in [0, 0.05) is 6.04 Å². The largest absolute Gasteiger partial charge is 0.466 e. The fourth-order valence-corrected chi connectivity index (χ4v) is 3.89. The Balaban J connectivity index is 1.50. The highest BCUT2D eigenvalue weighted by Crippen LogP contribution is 2.51. The second kappa shape index (κ2) is 9.12. The van der Waals surface area contributed by atoms with E-state index in [9.17, 15) is 9.59 Å². The van der Waals surface area contributed by atoms with Crippen molar-refractivity contribution in [1.29, 1.82) is 0 Å². The Morgan fingerprint density at radius 1 is 1.10 bits per heavy atom. The Morgan fingerprint density at radius 3 is 2.42 bits per heavy atom. The van der Waals surface area contributed by atoms with E-state index in [4.69, 9.17) is 4.74 Å². The standard InChI is InChI=1S/C24H26N4O3/c1-2-31-23(30)24(12-13-24)15-20(26-22(29)21-16-25-28-27-21)14-17-8-10-19(11-9-17)18-6-4-3-5-7-18/h3-11,16,20H,2,12-15H2,1H3,(H,26,29)(H,25,27,28)/t20-/m0/s1. The molecule has 1 aliphatic rings. The van der Waals surface area contributed by atoms with Crippen LogP contribution in [0.3, 0.4) is 0 Å². The van der Waals surface area contributed by atoms with E-state index in [1.54, 1.807) is 0 Å². The zero-order valence-electron chi connectivity index (χ0n) is 17.5. The second-order valence-corrected chi connectivity index (χ2v) is 8.00. The molecule has 1 aliphatic carbocycles. The fourth-order valence-electron chi connectivity index (χ4n) is 3.89. The van der Waals surface area contributed by atoms with Crippen molar-refractivity contribution in [2.75, 3.05) is 6.61 Å². The molecule has 2 aromatic carbocycles. The summed E-state index contributed by atoms with van der Waals surface area (Å²) in [4.78, 5) is 25.1. The number of hydrogen-bond donors (Lipinski definition) is 2. The summed E-state index contributed by atoms with van der Waals surface area (Å²) in [6.07, 6.45) is 4.11. The van der Waals surface area contributed by atoms with Crippen LogP contribution in [0.4, 0.5) is 0 Å². The molecule has 1 atom stereocenters. The number of rotatable bonds is 9. The molecule has 0 aliphatic heterocycles. The number of esters is 1. The minimum absolute atomic E-state index is 0.171. The van der Waals surface area contributed by atoms with Crippen LogP contribution in [0.5, 0.6) is 0 Å². The number of hydrogen-bond acceptors (Lipinski definition) is 5. The van der Waals surface area contributed by atoms with Crippen molar-refractivity contribution in [2.24, 2.45) is 5.41 Å². The zero-order chi connectivity index (χ0) is 21.7. The summed E-state index contributed by atoms with van der Waals surface area (Å²) in [5, 5.41) is 13.1. The molecule has 3 aromatic rings. The SMILES string of the molecule is CCOC(=O)C1(C[C@H](Cc2ccc(-c3ccccc3)cc2)NC(=O)c2cn[nH]n2)CC1. The molecular formula is C24H26N4O3. The molecule has 7 nitrogen and oxygen atoms in total. The van der Waals surface area contributed by atoms with Crippen LogP contribution in [-0.4, -0.2) is 39.9 Å². The number of amides is 1. The maximum Gasteiger partial charge on any atom is 0.312 e. The summed E-state index contributed by atoms with van der Waals surface area (Å²) in [6.45, 7) is 2.17. The smallest absolute Gasteiger partial charge is 0.312 e. The molecule has 1 fully saturated rings. The zero-order valence-corrected chi connectivity index (χ0v) is 17.5.